The van der Waals surface area contributed by atoms with Crippen molar-refractivity contribution in [3.63, 3.8) is 0 Å². The highest BCUT2D eigenvalue weighted by atomic mass is 16.5. The second kappa shape index (κ2) is 9.71. The molecule has 154 valence electrons. The number of nitrogens with zero attached hydrogens (tertiary/aromatic N) is 2. The number of hydrogen-bond acceptors (Lipinski definition) is 8. The third-order valence-corrected chi connectivity index (χ3v) is 4.63. The average molecular weight is 400 g/mol. The van der Waals surface area contributed by atoms with E-state index in [1.165, 1.54) is 7.11 Å². The molecule has 1 aliphatic heterocycles. The number of rotatable bonds is 8. The molecule has 0 aliphatic carbocycles. The summed E-state index contributed by atoms with van der Waals surface area (Å²) in [6, 6.07) is 7.25. The van der Waals surface area contributed by atoms with Crippen molar-refractivity contribution in [2.24, 2.45) is 0 Å². The fourth-order valence-electron chi connectivity index (χ4n) is 3.12. The molecule has 1 saturated heterocycles. The minimum Gasteiger partial charge on any atom is -0.493 e. The quantitative estimate of drug-likeness (QED) is 0.532. The van der Waals surface area contributed by atoms with Gasteiger partial charge in [-0.15, -0.1) is 0 Å². The van der Waals surface area contributed by atoms with E-state index in [0.717, 1.165) is 17.7 Å². The van der Waals surface area contributed by atoms with E-state index in [0.29, 0.717) is 42.6 Å². The zero-order valence-corrected chi connectivity index (χ0v) is 16.9. The van der Waals surface area contributed by atoms with Crippen LogP contribution in [-0.2, 0) is 20.6 Å². The summed E-state index contributed by atoms with van der Waals surface area (Å²) in [5.41, 5.74) is 2.01. The number of esters is 1. The maximum atomic E-state index is 11.8. The maximum Gasteiger partial charge on any atom is 0.454 e. The Balaban J connectivity index is 2.00. The highest BCUT2D eigenvalue weighted by Gasteiger charge is 2.31. The van der Waals surface area contributed by atoms with Crippen LogP contribution in [0.5, 0.6) is 11.5 Å². The summed E-state index contributed by atoms with van der Waals surface area (Å²) in [6.07, 6.45) is 1.35. The Morgan fingerprint density at radius 3 is 2.76 bits per heavy atom. The molecule has 2 aromatic rings. The minimum atomic E-state index is -0.808. The van der Waals surface area contributed by atoms with Crippen molar-refractivity contribution in [2.75, 3.05) is 27.4 Å². The lowest BCUT2D eigenvalue weighted by molar-refractivity contribution is -0.139. The van der Waals surface area contributed by atoms with Crippen LogP contribution in [0, 0.1) is 0 Å². The fraction of sp³-hybridized carbons (Fsp3) is 0.450. The van der Waals surface area contributed by atoms with Crippen molar-refractivity contribution in [2.45, 2.75) is 32.0 Å². The van der Waals surface area contributed by atoms with Gasteiger partial charge in [-0.25, -0.2) is 9.97 Å². The van der Waals surface area contributed by atoms with Crippen LogP contribution >= 0.6 is 0 Å². The van der Waals surface area contributed by atoms with Gasteiger partial charge < -0.3 is 23.9 Å². The first-order chi connectivity index (χ1) is 14.0. The second-order valence-electron chi connectivity index (χ2n) is 6.80. The van der Waals surface area contributed by atoms with Crippen LogP contribution in [0.1, 0.15) is 30.7 Å². The lowest BCUT2D eigenvalue weighted by atomic mass is 9.81. The first-order valence-corrected chi connectivity index (χ1v) is 9.59. The summed E-state index contributed by atoms with van der Waals surface area (Å²) in [6.45, 7) is 2.95. The summed E-state index contributed by atoms with van der Waals surface area (Å²) < 4.78 is 21.2. The smallest absolute Gasteiger partial charge is 0.454 e. The van der Waals surface area contributed by atoms with Gasteiger partial charge in [-0.05, 0) is 37.0 Å². The number of methoxy groups -OCH3 is 2. The molecular weight excluding hydrogens is 375 g/mol. The molecular formula is C20H25BN2O6. The van der Waals surface area contributed by atoms with Gasteiger partial charge in [0.25, 0.3) is 0 Å². The molecule has 0 spiro atoms. The van der Waals surface area contributed by atoms with Crippen LogP contribution in [0.25, 0.3) is 11.4 Å². The summed E-state index contributed by atoms with van der Waals surface area (Å²) >= 11 is 0. The Labute approximate surface area is 170 Å². The van der Waals surface area contributed by atoms with E-state index in [2.05, 4.69) is 9.97 Å². The molecule has 0 radical (unpaired) electrons. The highest BCUT2D eigenvalue weighted by molar-refractivity contribution is 6.43. The molecule has 0 amide bonds. The van der Waals surface area contributed by atoms with E-state index >= 15 is 0 Å². The molecule has 1 atom stereocenters. The third-order valence-electron chi connectivity index (χ3n) is 4.63. The Morgan fingerprint density at radius 1 is 1.28 bits per heavy atom. The molecule has 1 aliphatic rings. The Bertz CT molecular complexity index is 863. The first kappa shape index (κ1) is 21.1. The van der Waals surface area contributed by atoms with Crippen molar-refractivity contribution in [3.8, 4) is 22.9 Å². The molecule has 1 aromatic carbocycles. The number of benzene rings is 1. The number of carbonyl (C=O) groups excluding carboxylic acids is 1. The Morgan fingerprint density at radius 2 is 2.10 bits per heavy atom. The van der Waals surface area contributed by atoms with E-state index in [-0.39, 0.29) is 18.3 Å². The van der Waals surface area contributed by atoms with Gasteiger partial charge in [-0.2, -0.15) is 0 Å². The van der Waals surface area contributed by atoms with E-state index < -0.39 is 7.12 Å². The molecule has 9 heteroatoms. The Hall–Kier alpha value is -2.65. The highest BCUT2D eigenvalue weighted by Crippen LogP contribution is 2.33. The molecule has 8 nitrogen and oxygen atoms in total. The van der Waals surface area contributed by atoms with E-state index in [9.17, 15) is 9.82 Å². The van der Waals surface area contributed by atoms with Crippen LogP contribution in [0.3, 0.4) is 0 Å². The third kappa shape index (κ3) is 5.24. The number of hydrogen-bond donors (Lipinski definition) is 1. The number of ether oxygens (including phenoxy) is 3. The lowest BCUT2D eigenvalue weighted by Crippen LogP contribution is -2.11. The molecule has 1 aromatic heterocycles. The van der Waals surface area contributed by atoms with Gasteiger partial charge in [0.15, 0.2) is 17.3 Å². The van der Waals surface area contributed by atoms with Gasteiger partial charge in [0.1, 0.15) is 0 Å². The van der Waals surface area contributed by atoms with Gasteiger partial charge in [0, 0.05) is 23.8 Å². The molecule has 0 bridgehead atoms. The normalized spacial score (nSPS) is 16.0. The van der Waals surface area contributed by atoms with Crippen molar-refractivity contribution in [1.82, 2.24) is 9.97 Å². The van der Waals surface area contributed by atoms with Crippen LogP contribution in [0.2, 0.25) is 6.32 Å². The van der Waals surface area contributed by atoms with Gasteiger partial charge in [0.05, 0.1) is 32.9 Å². The van der Waals surface area contributed by atoms with Crippen molar-refractivity contribution in [1.29, 1.82) is 0 Å². The predicted molar refractivity (Wildman–Crippen MR) is 107 cm³/mol. The van der Waals surface area contributed by atoms with Gasteiger partial charge >= 0.3 is 13.1 Å². The summed E-state index contributed by atoms with van der Waals surface area (Å²) in [5, 5.41) is 9.71. The van der Waals surface area contributed by atoms with Gasteiger partial charge in [-0.3, -0.25) is 4.79 Å². The number of carbonyl (C=O) groups is 1. The van der Waals surface area contributed by atoms with Crippen molar-refractivity contribution < 1.29 is 28.7 Å². The largest absolute Gasteiger partial charge is 0.493 e. The SMILES string of the molecule is CCCOc1cc(-c2nc(CC(=O)OC)cc(C3COB(O)C3)n2)ccc1OC. The summed E-state index contributed by atoms with van der Waals surface area (Å²) in [7, 11) is 2.12. The predicted octanol–water partition coefficient (Wildman–Crippen LogP) is 2.25. The molecule has 29 heavy (non-hydrogen) atoms. The van der Waals surface area contributed by atoms with Crippen molar-refractivity contribution >= 4 is 13.1 Å². The second-order valence-corrected chi connectivity index (χ2v) is 6.80. The molecule has 1 fully saturated rings. The van der Waals surface area contributed by atoms with Gasteiger partial charge in [-0.1, -0.05) is 6.92 Å². The Kier molecular flexibility index (Phi) is 7.06. The van der Waals surface area contributed by atoms with Crippen LogP contribution in [0.15, 0.2) is 24.3 Å². The molecule has 1 unspecified atom stereocenters. The van der Waals surface area contributed by atoms with Gasteiger partial charge in [0.2, 0.25) is 0 Å². The zero-order valence-electron chi connectivity index (χ0n) is 16.9. The standard InChI is InChI=1S/C20H25BN2O6/c1-4-7-28-18-8-13(5-6-17(18)26-2)20-22-15(10-19(24)27-3)9-16(23-20)14-11-21(25)29-12-14/h5-6,8-9,14,25H,4,7,10-12H2,1-3H3. The fourth-order valence-corrected chi connectivity index (χ4v) is 3.12. The summed E-state index contributed by atoms with van der Waals surface area (Å²) in [4.78, 5) is 21.0. The zero-order chi connectivity index (χ0) is 20.8. The van der Waals surface area contributed by atoms with Crippen LogP contribution < -0.4 is 9.47 Å². The molecule has 1 N–H and O–H groups in total. The average Bonchev–Trinajstić information content (AvgIpc) is 3.18. The van der Waals surface area contributed by atoms with Crippen LogP contribution in [0.4, 0.5) is 0 Å². The van der Waals surface area contributed by atoms with E-state index in [1.807, 2.05) is 19.1 Å². The summed E-state index contributed by atoms with van der Waals surface area (Å²) in [5.74, 6) is 1.24. The molecule has 0 saturated carbocycles. The van der Waals surface area contributed by atoms with Crippen molar-refractivity contribution in [3.05, 3.63) is 35.7 Å². The topological polar surface area (TPSA) is 100 Å². The number of aromatic nitrogens is 2. The monoisotopic (exact) mass is 400 g/mol. The first-order valence-electron chi connectivity index (χ1n) is 9.59. The maximum absolute atomic E-state index is 11.8. The molecule has 3 rings (SSSR count). The molecule has 2 heterocycles. The van der Waals surface area contributed by atoms with Crippen LogP contribution in [-0.4, -0.2) is 55.5 Å². The van der Waals surface area contributed by atoms with E-state index in [4.69, 9.17) is 18.9 Å². The minimum absolute atomic E-state index is 0.0322. The van der Waals surface area contributed by atoms with E-state index in [1.54, 1.807) is 19.2 Å². The lowest BCUT2D eigenvalue weighted by Gasteiger charge is -2.14.